The van der Waals surface area contributed by atoms with E-state index in [1.54, 1.807) is 0 Å². The lowest BCUT2D eigenvalue weighted by molar-refractivity contribution is 0.633. The Balaban J connectivity index is 2.35. The predicted octanol–water partition coefficient (Wildman–Crippen LogP) is 3.56. The van der Waals surface area contributed by atoms with Crippen molar-refractivity contribution in [3.63, 3.8) is 0 Å². The summed E-state index contributed by atoms with van der Waals surface area (Å²) in [7, 11) is 0. The van der Waals surface area contributed by atoms with Crippen LogP contribution in [0.4, 0.5) is 0 Å². The van der Waals surface area contributed by atoms with Crippen LogP contribution in [0, 0.1) is 18.3 Å². The molecule has 4 heteroatoms. The van der Waals surface area contributed by atoms with E-state index in [-0.39, 0.29) is 0 Å². The number of hydrogen-bond acceptors (Lipinski definition) is 3. The van der Waals surface area contributed by atoms with E-state index in [1.165, 1.54) is 0 Å². The molecule has 0 N–H and O–H groups in total. The largest absolute Gasteiger partial charge is 0.327 e. The van der Waals surface area contributed by atoms with Gasteiger partial charge >= 0.3 is 0 Å². The van der Waals surface area contributed by atoms with E-state index in [0.717, 1.165) is 47.3 Å². The maximum Gasteiger partial charge on any atom is 0.160 e. The Hall–Kier alpha value is -2.41. The Morgan fingerprint density at radius 1 is 1.20 bits per heavy atom. The number of hydrogen-bond donors (Lipinski definition) is 0. The quantitative estimate of drug-likeness (QED) is 0.726. The molecule has 20 heavy (non-hydrogen) atoms. The standard InChI is InChI=1S/C16H16N4/c1-3-4-9-20-11(2)12(10-17)15-16(20)19-14-8-6-5-7-13(14)18-15/h5-8H,3-4,9H2,1-2H3. The summed E-state index contributed by atoms with van der Waals surface area (Å²) in [5.41, 5.74) is 4.87. The summed E-state index contributed by atoms with van der Waals surface area (Å²) in [6.07, 6.45) is 2.19. The molecule has 3 aromatic rings. The first-order valence-electron chi connectivity index (χ1n) is 6.92. The van der Waals surface area contributed by atoms with Gasteiger partial charge < -0.3 is 4.57 Å². The minimum atomic E-state index is 0.648. The van der Waals surface area contributed by atoms with Crippen LogP contribution < -0.4 is 0 Å². The third-order valence-electron chi connectivity index (χ3n) is 3.66. The Morgan fingerprint density at radius 2 is 1.90 bits per heavy atom. The molecule has 1 aromatic carbocycles. The summed E-state index contributed by atoms with van der Waals surface area (Å²) < 4.78 is 2.12. The molecule has 0 atom stereocenters. The number of rotatable bonds is 3. The molecule has 0 radical (unpaired) electrons. The number of unbranched alkanes of at least 4 members (excludes halogenated alkanes) is 1. The molecule has 0 saturated carbocycles. The SMILES string of the molecule is CCCCn1c(C)c(C#N)c2nc3ccccc3nc21. The number of nitrogens with zero attached hydrogens (tertiary/aromatic N) is 4. The summed E-state index contributed by atoms with van der Waals surface area (Å²) in [6.45, 7) is 5.02. The second kappa shape index (κ2) is 4.93. The minimum Gasteiger partial charge on any atom is -0.327 e. The monoisotopic (exact) mass is 264 g/mol. The highest BCUT2D eigenvalue weighted by atomic mass is 15.1. The number of fused-ring (bicyclic) bond motifs is 2. The normalized spacial score (nSPS) is 11.1. The van der Waals surface area contributed by atoms with E-state index in [9.17, 15) is 5.26 Å². The van der Waals surface area contributed by atoms with Crippen LogP contribution in [0.25, 0.3) is 22.2 Å². The van der Waals surface area contributed by atoms with Gasteiger partial charge in [-0.1, -0.05) is 25.5 Å². The topological polar surface area (TPSA) is 54.5 Å². The van der Waals surface area contributed by atoms with Crippen molar-refractivity contribution < 1.29 is 0 Å². The van der Waals surface area contributed by atoms with Crippen LogP contribution in [0.1, 0.15) is 31.0 Å². The van der Waals surface area contributed by atoms with Gasteiger partial charge in [-0.15, -0.1) is 0 Å². The van der Waals surface area contributed by atoms with Gasteiger partial charge in [-0.3, -0.25) is 0 Å². The van der Waals surface area contributed by atoms with Crippen molar-refractivity contribution >= 4 is 22.2 Å². The van der Waals surface area contributed by atoms with Gasteiger partial charge in [-0.25, -0.2) is 9.97 Å². The molecule has 0 aliphatic rings. The first-order chi connectivity index (χ1) is 9.76. The second-order valence-electron chi connectivity index (χ2n) is 4.96. The molecule has 0 spiro atoms. The number of benzene rings is 1. The predicted molar refractivity (Wildman–Crippen MR) is 79.4 cm³/mol. The van der Waals surface area contributed by atoms with Crippen LogP contribution in [0.5, 0.6) is 0 Å². The lowest BCUT2D eigenvalue weighted by Gasteiger charge is -2.06. The highest BCUT2D eigenvalue weighted by Crippen LogP contribution is 2.25. The smallest absolute Gasteiger partial charge is 0.160 e. The van der Waals surface area contributed by atoms with Gasteiger partial charge in [0.25, 0.3) is 0 Å². The number of para-hydroxylation sites is 2. The molecule has 3 rings (SSSR count). The van der Waals surface area contributed by atoms with Crippen LogP contribution >= 0.6 is 0 Å². The highest BCUT2D eigenvalue weighted by molar-refractivity contribution is 5.89. The average Bonchev–Trinajstić information content (AvgIpc) is 2.73. The van der Waals surface area contributed by atoms with Crippen molar-refractivity contribution in [3.05, 3.63) is 35.5 Å². The fraction of sp³-hybridized carbons (Fsp3) is 0.312. The zero-order valence-electron chi connectivity index (χ0n) is 11.7. The van der Waals surface area contributed by atoms with Crippen LogP contribution in [-0.2, 0) is 6.54 Å². The Kier molecular flexibility index (Phi) is 3.11. The molecular weight excluding hydrogens is 248 g/mol. The lowest BCUT2D eigenvalue weighted by Crippen LogP contribution is -2.01. The van der Waals surface area contributed by atoms with Crippen molar-refractivity contribution in [2.75, 3.05) is 0 Å². The van der Waals surface area contributed by atoms with E-state index in [0.29, 0.717) is 5.56 Å². The van der Waals surface area contributed by atoms with E-state index >= 15 is 0 Å². The van der Waals surface area contributed by atoms with Gasteiger partial charge in [0.05, 0.1) is 11.0 Å². The maximum absolute atomic E-state index is 9.40. The average molecular weight is 264 g/mol. The van der Waals surface area contributed by atoms with Crippen LogP contribution in [0.3, 0.4) is 0 Å². The zero-order chi connectivity index (χ0) is 14.1. The molecule has 0 bridgehead atoms. The van der Waals surface area contributed by atoms with E-state index in [2.05, 4.69) is 22.5 Å². The first kappa shape index (κ1) is 12.6. The fourth-order valence-electron chi connectivity index (χ4n) is 2.54. The first-order valence-corrected chi connectivity index (χ1v) is 6.92. The van der Waals surface area contributed by atoms with Gasteiger partial charge in [0.1, 0.15) is 17.1 Å². The summed E-state index contributed by atoms with van der Waals surface area (Å²) in [5, 5.41) is 9.40. The molecule has 2 heterocycles. The second-order valence-corrected chi connectivity index (χ2v) is 4.96. The molecule has 0 saturated heterocycles. The van der Waals surface area contributed by atoms with Crippen LogP contribution in [0.2, 0.25) is 0 Å². The summed E-state index contributed by atoms with van der Waals surface area (Å²) in [5.74, 6) is 0. The van der Waals surface area contributed by atoms with Crippen LogP contribution in [-0.4, -0.2) is 14.5 Å². The Morgan fingerprint density at radius 3 is 2.55 bits per heavy atom. The molecule has 100 valence electrons. The number of aryl methyl sites for hydroxylation is 1. The van der Waals surface area contributed by atoms with E-state index < -0.39 is 0 Å². The number of aromatic nitrogens is 3. The van der Waals surface area contributed by atoms with Crippen LogP contribution in [0.15, 0.2) is 24.3 Å². The number of nitriles is 1. The van der Waals surface area contributed by atoms with Crippen molar-refractivity contribution in [3.8, 4) is 6.07 Å². The molecule has 0 unspecified atom stereocenters. The summed E-state index contributed by atoms with van der Waals surface area (Å²) in [4.78, 5) is 9.34. The lowest BCUT2D eigenvalue weighted by atomic mass is 10.2. The summed E-state index contributed by atoms with van der Waals surface area (Å²) in [6, 6.07) is 10.1. The molecule has 0 amide bonds. The van der Waals surface area contributed by atoms with Crippen molar-refractivity contribution in [1.29, 1.82) is 5.26 Å². The fourth-order valence-corrected chi connectivity index (χ4v) is 2.54. The Bertz CT molecular complexity index is 824. The van der Waals surface area contributed by atoms with Crippen molar-refractivity contribution in [2.45, 2.75) is 33.2 Å². The molecule has 0 fully saturated rings. The molecular formula is C16H16N4. The minimum absolute atomic E-state index is 0.648. The van der Waals surface area contributed by atoms with Crippen molar-refractivity contribution in [2.24, 2.45) is 0 Å². The zero-order valence-corrected chi connectivity index (χ0v) is 11.7. The molecule has 2 aromatic heterocycles. The molecule has 0 aliphatic carbocycles. The van der Waals surface area contributed by atoms with Crippen molar-refractivity contribution in [1.82, 2.24) is 14.5 Å². The van der Waals surface area contributed by atoms with Gasteiger partial charge in [0.2, 0.25) is 0 Å². The summed E-state index contributed by atoms with van der Waals surface area (Å²) >= 11 is 0. The third-order valence-corrected chi connectivity index (χ3v) is 3.66. The Labute approximate surface area is 117 Å². The third kappa shape index (κ3) is 1.83. The van der Waals surface area contributed by atoms with E-state index in [4.69, 9.17) is 4.98 Å². The molecule has 0 aliphatic heterocycles. The van der Waals surface area contributed by atoms with Gasteiger partial charge in [-0.05, 0) is 25.5 Å². The maximum atomic E-state index is 9.40. The molecule has 4 nitrogen and oxygen atoms in total. The highest BCUT2D eigenvalue weighted by Gasteiger charge is 2.16. The van der Waals surface area contributed by atoms with Gasteiger partial charge in [0, 0.05) is 12.2 Å². The van der Waals surface area contributed by atoms with E-state index in [1.807, 2.05) is 31.2 Å². The van der Waals surface area contributed by atoms with Gasteiger partial charge in [0.15, 0.2) is 5.65 Å². The van der Waals surface area contributed by atoms with Gasteiger partial charge in [-0.2, -0.15) is 5.26 Å².